The lowest BCUT2D eigenvalue weighted by molar-refractivity contribution is -0.138. The smallest absolute Gasteiger partial charge is 0.373 e. The average molecular weight is 194 g/mol. The van der Waals surface area contributed by atoms with Crippen molar-refractivity contribution in [1.29, 1.82) is 0 Å². The lowest BCUT2D eigenvalue weighted by Gasteiger charge is -1.98. The summed E-state index contributed by atoms with van der Waals surface area (Å²) in [6.07, 6.45) is 1.26. The number of carbonyl (C=O) groups excluding carboxylic acids is 1. The Hall–Kier alpha value is -1.97. The van der Waals surface area contributed by atoms with Crippen LogP contribution >= 0.6 is 0 Å². The highest BCUT2D eigenvalue weighted by Gasteiger charge is 2.05. The Morgan fingerprint density at radius 1 is 1.36 bits per heavy atom. The minimum Gasteiger partial charge on any atom is -0.508 e. The highest BCUT2D eigenvalue weighted by atomic mass is 16.5. The summed E-state index contributed by atoms with van der Waals surface area (Å²) in [4.78, 5) is 10.8. The monoisotopic (exact) mass is 194 g/mol. The first kappa shape index (κ1) is 10.1. The van der Waals surface area contributed by atoms with Gasteiger partial charge in [-0.05, 0) is 23.8 Å². The first-order chi connectivity index (χ1) is 6.63. The third kappa shape index (κ3) is 2.52. The van der Waals surface area contributed by atoms with Crippen molar-refractivity contribution in [2.24, 2.45) is 0 Å². The van der Waals surface area contributed by atoms with Gasteiger partial charge in [0.05, 0.1) is 7.11 Å². The van der Waals surface area contributed by atoms with Crippen LogP contribution in [0.1, 0.15) is 5.56 Å². The molecule has 0 fully saturated rings. The SMILES string of the molecule is COC(=O)/C(O)=C/c1ccc(O)cc1. The molecule has 0 radical (unpaired) electrons. The van der Waals surface area contributed by atoms with Crippen LogP contribution in [0.25, 0.3) is 6.08 Å². The number of hydrogen-bond donors (Lipinski definition) is 2. The van der Waals surface area contributed by atoms with Gasteiger partial charge in [-0.15, -0.1) is 0 Å². The van der Waals surface area contributed by atoms with Crippen LogP contribution in [0.5, 0.6) is 5.75 Å². The van der Waals surface area contributed by atoms with Crippen LogP contribution < -0.4 is 0 Å². The zero-order valence-electron chi connectivity index (χ0n) is 7.60. The Bertz CT molecular complexity index is 351. The molecule has 1 aromatic carbocycles. The summed E-state index contributed by atoms with van der Waals surface area (Å²) >= 11 is 0. The lowest BCUT2D eigenvalue weighted by atomic mass is 10.2. The molecule has 0 saturated carbocycles. The van der Waals surface area contributed by atoms with Crippen molar-refractivity contribution in [2.45, 2.75) is 0 Å². The Kier molecular flexibility index (Phi) is 3.12. The summed E-state index contributed by atoms with van der Waals surface area (Å²) < 4.78 is 4.30. The number of aromatic hydroxyl groups is 1. The standard InChI is InChI=1S/C10H10O4/c1-14-10(13)9(12)6-7-2-4-8(11)5-3-7/h2-6,11-12H,1H3/b9-6-. The largest absolute Gasteiger partial charge is 0.508 e. The molecule has 4 heteroatoms. The number of carbonyl (C=O) groups is 1. The van der Waals surface area contributed by atoms with Crippen molar-refractivity contribution in [3.8, 4) is 5.75 Å². The molecule has 0 saturated heterocycles. The van der Waals surface area contributed by atoms with Gasteiger partial charge in [-0.3, -0.25) is 0 Å². The van der Waals surface area contributed by atoms with E-state index in [1.54, 1.807) is 12.1 Å². The van der Waals surface area contributed by atoms with Crippen LogP contribution in [0.15, 0.2) is 30.0 Å². The average Bonchev–Trinajstić information content (AvgIpc) is 2.20. The Morgan fingerprint density at radius 3 is 2.43 bits per heavy atom. The van der Waals surface area contributed by atoms with Crippen molar-refractivity contribution in [3.05, 3.63) is 35.6 Å². The summed E-state index contributed by atoms with van der Waals surface area (Å²) in [5.41, 5.74) is 0.603. The molecular weight excluding hydrogens is 184 g/mol. The fourth-order valence-corrected chi connectivity index (χ4v) is 0.892. The van der Waals surface area contributed by atoms with Crippen LogP contribution in [-0.2, 0) is 9.53 Å². The molecule has 0 aliphatic heterocycles. The fraction of sp³-hybridized carbons (Fsp3) is 0.100. The van der Waals surface area contributed by atoms with Gasteiger partial charge in [0.2, 0.25) is 5.76 Å². The third-order valence-electron chi connectivity index (χ3n) is 1.59. The highest BCUT2D eigenvalue weighted by molar-refractivity contribution is 5.90. The molecule has 1 rings (SSSR count). The van der Waals surface area contributed by atoms with Gasteiger partial charge in [0.25, 0.3) is 0 Å². The number of rotatable bonds is 2. The second-order valence-electron chi connectivity index (χ2n) is 2.61. The van der Waals surface area contributed by atoms with Crippen molar-refractivity contribution < 1.29 is 19.7 Å². The molecule has 4 nitrogen and oxygen atoms in total. The van der Waals surface area contributed by atoms with E-state index in [2.05, 4.69) is 4.74 Å². The molecule has 14 heavy (non-hydrogen) atoms. The maximum absolute atomic E-state index is 10.8. The summed E-state index contributed by atoms with van der Waals surface area (Å²) in [6.45, 7) is 0. The Labute approximate surface area is 81.1 Å². The summed E-state index contributed by atoms with van der Waals surface area (Å²) in [7, 11) is 1.18. The van der Waals surface area contributed by atoms with E-state index in [1.165, 1.54) is 25.3 Å². The molecule has 0 aromatic heterocycles. The number of hydrogen-bond acceptors (Lipinski definition) is 4. The van der Waals surface area contributed by atoms with Crippen molar-refractivity contribution >= 4 is 12.0 Å². The topological polar surface area (TPSA) is 66.8 Å². The maximum atomic E-state index is 10.8. The van der Waals surface area contributed by atoms with Gasteiger partial charge in [-0.25, -0.2) is 4.79 Å². The van der Waals surface area contributed by atoms with E-state index in [-0.39, 0.29) is 5.75 Å². The quantitative estimate of drug-likeness (QED) is 0.425. The molecule has 2 N–H and O–H groups in total. The van der Waals surface area contributed by atoms with E-state index in [4.69, 9.17) is 10.2 Å². The van der Waals surface area contributed by atoms with Crippen LogP contribution in [0.2, 0.25) is 0 Å². The van der Waals surface area contributed by atoms with E-state index >= 15 is 0 Å². The third-order valence-corrected chi connectivity index (χ3v) is 1.59. The van der Waals surface area contributed by atoms with Gasteiger partial charge in [-0.2, -0.15) is 0 Å². The highest BCUT2D eigenvalue weighted by Crippen LogP contribution is 2.12. The summed E-state index contributed by atoms with van der Waals surface area (Å²) in [5, 5.41) is 18.1. The van der Waals surface area contributed by atoms with Crippen molar-refractivity contribution in [1.82, 2.24) is 0 Å². The van der Waals surface area contributed by atoms with Crippen LogP contribution in [0.4, 0.5) is 0 Å². The normalized spacial score (nSPS) is 11.1. The van der Waals surface area contributed by atoms with E-state index in [1.807, 2.05) is 0 Å². The summed E-state index contributed by atoms with van der Waals surface area (Å²) in [6, 6.07) is 6.04. The molecule has 74 valence electrons. The number of methoxy groups -OCH3 is 1. The van der Waals surface area contributed by atoms with Crippen LogP contribution in [0, 0.1) is 0 Å². The minimum absolute atomic E-state index is 0.125. The van der Waals surface area contributed by atoms with E-state index < -0.39 is 11.7 Å². The first-order valence-electron chi connectivity index (χ1n) is 3.91. The number of aliphatic hydroxyl groups excluding tert-OH is 1. The first-order valence-corrected chi connectivity index (χ1v) is 3.91. The van der Waals surface area contributed by atoms with E-state index in [0.29, 0.717) is 5.56 Å². The molecule has 1 aromatic rings. The van der Waals surface area contributed by atoms with Crippen molar-refractivity contribution in [2.75, 3.05) is 7.11 Å². The van der Waals surface area contributed by atoms with Gasteiger partial charge in [0, 0.05) is 0 Å². The van der Waals surface area contributed by atoms with Gasteiger partial charge >= 0.3 is 5.97 Å². The predicted octanol–water partition coefficient (Wildman–Crippen LogP) is 1.46. The second kappa shape index (κ2) is 4.32. The number of phenolic OH excluding ortho intramolecular Hbond substituents is 1. The minimum atomic E-state index is -0.793. The zero-order chi connectivity index (χ0) is 10.6. The van der Waals surface area contributed by atoms with Gasteiger partial charge in [0.1, 0.15) is 5.75 Å². The predicted molar refractivity (Wildman–Crippen MR) is 50.7 cm³/mol. The maximum Gasteiger partial charge on any atom is 0.373 e. The van der Waals surface area contributed by atoms with E-state index in [0.717, 1.165) is 0 Å². The Balaban J connectivity index is 2.86. The molecule has 0 aliphatic rings. The van der Waals surface area contributed by atoms with Crippen molar-refractivity contribution in [3.63, 3.8) is 0 Å². The van der Waals surface area contributed by atoms with Crippen LogP contribution in [0.3, 0.4) is 0 Å². The molecule has 0 heterocycles. The van der Waals surface area contributed by atoms with Gasteiger partial charge < -0.3 is 14.9 Å². The second-order valence-corrected chi connectivity index (χ2v) is 2.61. The van der Waals surface area contributed by atoms with E-state index in [9.17, 15) is 4.79 Å². The number of ether oxygens (including phenoxy) is 1. The molecular formula is C10H10O4. The van der Waals surface area contributed by atoms with Crippen LogP contribution in [-0.4, -0.2) is 23.3 Å². The van der Waals surface area contributed by atoms with Gasteiger partial charge in [0.15, 0.2) is 0 Å². The number of phenols is 1. The molecule has 0 amide bonds. The molecule has 0 unspecified atom stereocenters. The fourth-order valence-electron chi connectivity index (χ4n) is 0.892. The number of esters is 1. The number of aliphatic hydroxyl groups is 1. The molecule has 0 spiro atoms. The molecule has 0 atom stereocenters. The zero-order valence-corrected chi connectivity index (χ0v) is 7.60. The summed E-state index contributed by atoms with van der Waals surface area (Å²) in [5.74, 6) is -1.14. The number of benzene rings is 1. The molecule has 0 aliphatic carbocycles. The lowest BCUT2D eigenvalue weighted by Crippen LogP contribution is -2.03. The Morgan fingerprint density at radius 2 is 1.93 bits per heavy atom. The molecule has 0 bridgehead atoms. The van der Waals surface area contributed by atoms with Gasteiger partial charge in [-0.1, -0.05) is 12.1 Å².